The predicted molar refractivity (Wildman–Crippen MR) is 80.7 cm³/mol. The van der Waals surface area contributed by atoms with Crippen LogP contribution in [0, 0.1) is 6.92 Å². The summed E-state index contributed by atoms with van der Waals surface area (Å²) in [5, 5.41) is 2.88. The number of fused-ring (bicyclic) bond motifs is 1. The molecule has 0 bridgehead atoms. The van der Waals surface area contributed by atoms with Crippen LogP contribution in [-0.4, -0.2) is 13.0 Å². The average Bonchev–Trinajstić information content (AvgIpc) is 2.76. The summed E-state index contributed by atoms with van der Waals surface area (Å²) < 4.78 is 5.33. The second-order valence-electron chi connectivity index (χ2n) is 4.80. The van der Waals surface area contributed by atoms with E-state index in [-0.39, 0.29) is 5.91 Å². The third kappa shape index (κ3) is 2.07. The number of carbonyl (C=O) groups is 1. The van der Waals surface area contributed by atoms with Gasteiger partial charge in [-0.05, 0) is 31.2 Å². The molecule has 20 heavy (non-hydrogen) atoms. The van der Waals surface area contributed by atoms with Crippen LogP contribution in [0.25, 0.3) is 11.6 Å². The molecule has 2 aromatic carbocycles. The van der Waals surface area contributed by atoms with Gasteiger partial charge in [0.1, 0.15) is 5.75 Å². The third-order valence-corrected chi connectivity index (χ3v) is 3.40. The first-order chi connectivity index (χ1) is 9.69. The van der Waals surface area contributed by atoms with Crippen LogP contribution in [-0.2, 0) is 4.79 Å². The summed E-state index contributed by atoms with van der Waals surface area (Å²) in [4.78, 5) is 12.1. The van der Waals surface area contributed by atoms with Gasteiger partial charge in [-0.2, -0.15) is 0 Å². The van der Waals surface area contributed by atoms with E-state index in [2.05, 4.69) is 5.32 Å². The highest BCUT2D eigenvalue weighted by Gasteiger charge is 2.24. The summed E-state index contributed by atoms with van der Waals surface area (Å²) in [5.74, 6) is 0.686. The van der Waals surface area contributed by atoms with Gasteiger partial charge in [-0.1, -0.05) is 29.8 Å². The molecule has 1 N–H and O–H groups in total. The van der Waals surface area contributed by atoms with E-state index in [1.54, 1.807) is 7.11 Å². The molecule has 0 unspecified atom stereocenters. The SMILES string of the molecule is COc1ccccc1/C=C1/C(=O)Nc2ccc(C)cc21. The van der Waals surface area contributed by atoms with Gasteiger partial charge >= 0.3 is 0 Å². The number of hydrogen-bond donors (Lipinski definition) is 1. The molecule has 3 nitrogen and oxygen atoms in total. The van der Waals surface area contributed by atoms with Gasteiger partial charge in [0.25, 0.3) is 5.91 Å². The Hall–Kier alpha value is -2.55. The number of carbonyl (C=O) groups excluding carboxylic acids is 1. The highest BCUT2D eigenvalue weighted by Crippen LogP contribution is 2.34. The minimum Gasteiger partial charge on any atom is -0.496 e. The Morgan fingerprint density at radius 2 is 1.95 bits per heavy atom. The van der Waals surface area contributed by atoms with Crippen molar-refractivity contribution in [1.82, 2.24) is 0 Å². The molecule has 0 radical (unpaired) electrons. The topological polar surface area (TPSA) is 38.3 Å². The van der Waals surface area contributed by atoms with Crippen LogP contribution < -0.4 is 10.1 Å². The van der Waals surface area contributed by atoms with E-state index in [9.17, 15) is 4.79 Å². The van der Waals surface area contributed by atoms with E-state index >= 15 is 0 Å². The van der Waals surface area contributed by atoms with Gasteiger partial charge in [-0.25, -0.2) is 0 Å². The molecule has 1 aliphatic heterocycles. The van der Waals surface area contributed by atoms with E-state index in [0.717, 1.165) is 28.1 Å². The summed E-state index contributed by atoms with van der Waals surface area (Å²) >= 11 is 0. The van der Waals surface area contributed by atoms with Crippen molar-refractivity contribution in [2.24, 2.45) is 0 Å². The van der Waals surface area contributed by atoms with Crippen LogP contribution in [0.1, 0.15) is 16.7 Å². The van der Waals surface area contributed by atoms with E-state index in [0.29, 0.717) is 5.57 Å². The maximum Gasteiger partial charge on any atom is 0.256 e. The van der Waals surface area contributed by atoms with Crippen LogP contribution in [0.5, 0.6) is 5.75 Å². The molecule has 0 aliphatic carbocycles. The van der Waals surface area contributed by atoms with Crippen molar-refractivity contribution in [3.8, 4) is 5.75 Å². The van der Waals surface area contributed by atoms with E-state index in [1.165, 1.54) is 0 Å². The molecule has 2 aromatic rings. The Morgan fingerprint density at radius 3 is 2.75 bits per heavy atom. The van der Waals surface area contributed by atoms with Crippen molar-refractivity contribution in [2.45, 2.75) is 6.92 Å². The molecule has 0 atom stereocenters. The van der Waals surface area contributed by atoms with Crippen LogP contribution >= 0.6 is 0 Å². The predicted octanol–water partition coefficient (Wildman–Crippen LogP) is 3.50. The lowest BCUT2D eigenvalue weighted by Crippen LogP contribution is -2.03. The lowest BCUT2D eigenvalue weighted by atomic mass is 10.0. The first-order valence-corrected chi connectivity index (χ1v) is 6.46. The van der Waals surface area contributed by atoms with Crippen molar-refractivity contribution in [1.29, 1.82) is 0 Å². The number of hydrogen-bond acceptors (Lipinski definition) is 2. The molecule has 0 aromatic heterocycles. The Bertz CT molecular complexity index is 717. The van der Waals surface area contributed by atoms with Gasteiger partial charge in [0.15, 0.2) is 0 Å². The van der Waals surface area contributed by atoms with Crippen molar-refractivity contribution in [2.75, 3.05) is 12.4 Å². The maximum absolute atomic E-state index is 12.1. The summed E-state index contributed by atoms with van der Waals surface area (Å²) in [6.07, 6.45) is 1.87. The fraction of sp³-hybridized carbons (Fsp3) is 0.118. The minimum atomic E-state index is -0.0727. The van der Waals surface area contributed by atoms with Crippen LogP contribution in [0.2, 0.25) is 0 Å². The van der Waals surface area contributed by atoms with Crippen molar-refractivity contribution < 1.29 is 9.53 Å². The molecule has 100 valence electrons. The highest BCUT2D eigenvalue weighted by molar-refractivity contribution is 6.35. The normalized spacial score (nSPS) is 15.1. The Balaban J connectivity index is 2.13. The van der Waals surface area contributed by atoms with E-state index < -0.39 is 0 Å². The van der Waals surface area contributed by atoms with E-state index in [4.69, 9.17) is 4.74 Å². The Kier molecular flexibility index (Phi) is 3.03. The number of benzene rings is 2. The molecule has 1 amide bonds. The largest absolute Gasteiger partial charge is 0.496 e. The number of rotatable bonds is 2. The number of amides is 1. The number of methoxy groups -OCH3 is 1. The van der Waals surface area contributed by atoms with E-state index in [1.807, 2.05) is 55.5 Å². The molecular formula is C17H15NO2. The number of aryl methyl sites for hydroxylation is 1. The number of para-hydroxylation sites is 1. The van der Waals surface area contributed by atoms with Crippen LogP contribution in [0.4, 0.5) is 5.69 Å². The molecule has 3 heteroatoms. The number of anilines is 1. The summed E-state index contributed by atoms with van der Waals surface area (Å²) in [6.45, 7) is 2.02. The molecular weight excluding hydrogens is 250 g/mol. The molecule has 1 heterocycles. The second-order valence-corrected chi connectivity index (χ2v) is 4.80. The standard InChI is InChI=1S/C17H15NO2/c1-11-7-8-15-13(9-11)14(17(19)18-15)10-12-5-3-4-6-16(12)20-2/h3-10H,1-2H3,(H,18,19)/b14-10+. The molecule has 0 saturated carbocycles. The van der Waals surface area contributed by atoms with Gasteiger partial charge in [0, 0.05) is 22.4 Å². The molecule has 0 saturated heterocycles. The third-order valence-electron chi connectivity index (χ3n) is 3.40. The highest BCUT2D eigenvalue weighted by atomic mass is 16.5. The first kappa shape index (κ1) is 12.5. The summed E-state index contributed by atoms with van der Waals surface area (Å²) in [5.41, 5.74) is 4.51. The monoisotopic (exact) mass is 265 g/mol. The van der Waals surface area contributed by atoms with Crippen molar-refractivity contribution >= 4 is 23.2 Å². The molecule has 0 fully saturated rings. The summed E-state index contributed by atoms with van der Waals surface area (Å²) in [6, 6.07) is 13.6. The van der Waals surface area contributed by atoms with Gasteiger partial charge in [-0.15, -0.1) is 0 Å². The summed E-state index contributed by atoms with van der Waals surface area (Å²) in [7, 11) is 1.63. The first-order valence-electron chi connectivity index (χ1n) is 6.46. The van der Waals surface area contributed by atoms with Crippen molar-refractivity contribution in [3.63, 3.8) is 0 Å². The number of nitrogens with one attached hydrogen (secondary N) is 1. The average molecular weight is 265 g/mol. The van der Waals surface area contributed by atoms with Crippen LogP contribution in [0.3, 0.4) is 0 Å². The Morgan fingerprint density at radius 1 is 1.15 bits per heavy atom. The zero-order valence-electron chi connectivity index (χ0n) is 11.4. The fourth-order valence-corrected chi connectivity index (χ4v) is 2.39. The lowest BCUT2D eigenvalue weighted by Gasteiger charge is -2.05. The maximum atomic E-state index is 12.1. The molecule has 3 rings (SSSR count). The minimum absolute atomic E-state index is 0.0727. The zero-order valence-corrected chi connectivity index (χ0v) is 11.4. The molecule has 1 aliphatic rings. The molecule has 0 spiro atoms. The lowest BCUT2D eigenvalue weighted by molar-refractivity contribution is -0.110. The quantitative estimate of drug-likeness (QED) is 0.844. The number of ether oxygens (including phenoxy) is 1. The van der Waals surface area contributed by atoms with Gasteiger partial charge in [-0.3, -0.25) is 4.79 Å². The van der Waals surface area contributed by atoms with Gasteiger partial charge in [0.2, 0.25) is 0 Å². The van der Waals surface area contributed by atoms with Crippen LogP contribution in [0.15, 0.2) is 42.5 Å². The van der Waals surface area contributed by atoms with Gasteiger partial charge in [0.05, 0.1) is 7.11 Å². The smallest absolute Gasteiger partial charge is 0.256 e. The fourth-order valence-electron chi connectivity index (χ4n) is 2.39. The van der Waals surface area contributed by atoms with Gasteiger partial charge < -0.3 is 10.1 Å². The zero-order chi connectivity index (χ0) is 14.1. The second kappa shape index (κ2) is 4.85. The van der Waals surface area contributed by atoms with Crippen molar-refractivity contribution in [3.05, 3.63) is 59.2 Å². The Labute approximate surface area is 117 Å².